The van der Waals surface area contributed by atoms with Crippen LogP contribution >= 0.6 is 0 Å². The molecule has 11 nitrogen and oxygen atoms in total. The molecule has 6 rings (SSSR count). The van der Waals surface area contributed by atoms with Gasteiger partial charge in [0, 0.05) is 43.3 Å². The molecule has 2 unspecified atom stereocenters. The molecule has 3 fully saturated rings. The molecule has 1 aliphatic carbocycles. The van der Waals surface area contributed by atoms with E-state index in [0.29, 0.717) is 24.8 Å². The second kappa shape index (κ2) is 9.98. The van der Waals surface area contributed by atoms with Gasteiger partial charge in [-0.3, -0.25) is 9.89 Å². The van der Waals surface area contributed by atoms with Gasteiger partial charge in [-0.2, -0.15) is 15.1 Å². The van der Waals surface area contributed by atoms with E-state index in [9.17, 15) is 9.90 Å². The number of aliphatic hydroxyl groups is 1. The molecule has 3 aromatic rings. The predicted molar refractivity (Wildman–Crippen MR) is 131 cm³/mol. The summed E-state index contributed by atoms with van der Waals surface area (Å²) in [6.45, 7) is 2.63. The van der Waals surface area contributed by atoms with Crippen LogP contribution in [0.15, 0.2) is 24.4 Å². The van der Waals surface area contributed by atoms with E-state index in [1.54, 1.807) is 12.3 Å². The fraction of sp³-hybridized carbons (Fsp3) is 0.560. The van der Waals surface area contributed by atoms with Gasteiger partial charge in [0.15, 0.2) is 5.65 Å². The highest BCUT2D eigenvalue weighted by atomic mass is 16.5. The topological polar surface area (TPSA) is 138 Å². The maximum atomic E-state index is 12.9. The highest BCUT2D eigenvalue weighted by molar-refractivity contribution is 5.93. The summed E-state index contributed by atoms with van der Waals surface area (Å²) in [5.41, 5.74) is 2.11. The first-order valence-corrected chi connectivity index (χ1v) is 12.8. The Kier molecular flexibility index (Phi) is 6.41. The lowest BCUT2D eigenvalue weighted by Crippen LogP contribution is -2.50. The van der Waals surface area contributed by atoms with Crippen molar-refractivity contribution in [1.29, 1.82) is 0 Å². The summed E-state index contributed by atoms with van der Waals surface area (Å²) >= 11 is 0. The maximum Gasteiger partial charge on any atom is 0.319 e. The zero-order chi connectivity index (χ0) is 24.5. The summed E-state index contributed by atoms with van der Waals surface area (Å²) < 4.78 is 11.5. The monoisotopic (exact) mass is 493 g/mol. The molecule has 0 aromatic carbocycles. The standard InChI is InChI=1S/C25H31N7O4/c33-20-6-5-18(20)27-24(34)19-13-21(29-25(28-19)36-14-16-3-2-12-35-16)32-10-7-15(8-11-32)22-17-4-1-9-26-23(17)31-30-22/h1,4,9,13,15-16,18,20,33H,2-3,5-8,10-12,14H2,(H,27,34)(H,26,30,31)/t16-,18?,20?/m1/s1. The van der Waals surface area contributed by atoms with E-state index in [1.165, 1.54) is 0 Å². The highest BCUT2D eigenvalue weighted by Gasteiger charge is 2.32. The van der Waals surface area contributed by atoms with Crippen molar-refractivity contribution < 1.29 is 19.4 Å². The van der Waals surface area contributed by atoms with Gasteiger partial charge in [0.25, 0.3) is 5.91 Å². The number of nitrogens with one attached hydrogen (secondary N) is 2. The summed E-state index contributed by atoms with van der Waals surface area (Å²) in [7, 11) is 0. The molecule has 1 amide bonds. The van der Waals surface area contributed by atoms with Crippen LogP contribution in [0.3, 0.4) is 0 Å². The zero-order valence-electron chi connectivity index (χ0n) is 20.1. The Bertz CT molecular complexity index is 1220. The quantitative estimate of drug-likeness (QED) is 0.451. The second-order valence-corrected chi connectivity index (χ2v) is 9.83. The molecule has 1 saturated carbocycles. The van der Waals surface area contributed by atoms with E-state index in [2.05, 4.69) is 41.4 Å². The lowest BCUT2D eigenvalue weighted by atomic mass is 9.89. The van der Waals surface area contributed by atoms with Gasteiger partial charge in [-0.1, -0.05) is 0 Å². The number of anilines is 1. The van der Waals surface area contributed by atoms with E-state index in [1.807, 2.05) is 6.07 Å². The fourth-order valence-electron chi connectivity index (χ4n) is 5.16. The third-order valence-corrected chi connectivity index (χ3v) is 7.47. The number of amides is 1. The number of H-pyrrole nitrogens is 1. The molecule has 2 saturated heterocycles. The van der Waals surface area contributed by atoms with Gasteiger partial charge < -0.3 is 24.8 Å². The van der Waals surface area contributed by atoms with Crippen molar-refractivity contribution in [3.05, 3.63) is 35.8 Å². The van der Waals surface area contributed by atoms with Crippen LogP contribution in [0.4, 0.5) is 5.82 Å². The molecule has 36 heavy (non-hydrogen) atoms. The van der Waals surface area contributed by atoms with Crippen LogP contribution in [0.1, 0.15) is 60.6 Å². The minimum absolute atomic E-state index is 0.0218. The van der Waals surface area contributed by atoms with Gasteiger partial charge in [0.05, 0.1) is 23.9 Å². The van der Waals surface area contributed by atoms with Gasteiger partial charge >= 0.3 is 6.01 Å². The van der Waals surface area contributed by atoms with E-state index >= 15 is 0 Å². The third kappa shape index (κ3) is 4.72. The Morgan fingerprint density at radius 2 is 2.11 bits per heavy atom. The Labute approximate surface area is 208 Å². The predicted octanol–water partition coefficient (Wildman–Crippen LogP) is 1.94. The normalized spacial score (nSPS) is 24.6. The zero-order valence-corrected chi connectivity index (χ0v) is 20.1. The average molecular weight is 494 g/mol. The minimum Gasteiger partial charge on any atom is -0.461 e. The van der Waals surface area contributed by atoms with Gasteiger partial charge in [-0.05, 0) is 50.7 Å². The van der Waals surface area contributed by atoms with Gasteiger partial charge in [-0.25, -0.2) is 4.98 Å². The van der Waals surface area contributed by atoms with Gasteiger partial charge in [-0.15, -0.1) is 0 Å². The van der Waals surface area contributed by atoms with Gasteiger partial charge in [0.1, 0.15) is 18.1 Å². The summed E-state index contributed by atoms with van der Waals surface area (Å²) in [4.78, 5) is 28.5. The van der Waals surface area contributed by atoms with Crippen LogP contribution in [0, 0.1) is 0 Å². The first-order valence-electron chi connectivity index (χ1n) is 12.8. The highest BCUT2D eigenvalue weighted by Crippen LogP contribution is 2.33. The number of hydrogen-bond acceptors (Lipinski definition) is 9. The van der Waals surface area contributed by atoms with Crippen LogP contribution in [0.2, 0.25) is 0 Å². The van der Waals surface area contributed by atoms with E-state index in [-0.39, 0.29) is 29.8 Å². The minimum atomic E-state index is -0.502. The Morgan fingerprint density at radius 1 is 1.22 bits per heavy atom. The van der Waals surface area contributed by atoms with Crippen molar-refractivity contribution in [1.82, 2.24) is 30.5 Å². The average Bonchev–Trinajstić information content (AvgIpc) is 3.60. The number of hydrogen-bond donors (Lipinski definition) is 3. The number of rotatable bonds is 7. The van der Waals surface area contributed by atoms with E-state index < -0.39 is 6.10 Å². The number of aliphatic hydroxyl groups excluding tert-OH is 1. The van der Waals surface area contributed by atoms with Crippen molar-refractivity contribution in [2.75, 3.05) is 31.2 Å². The molecule has 3 atom stereocenters. The lowest BCUT2D eigenvalue weighted by Gasteiger charge is -2.33. The molecule has 3 N–H and O–H groups in total. The van der Waals surface area contributed by atoms with Crippen molar-refractivity contribution in [2.45, 2.75) is 62.7 Å². The summed E-state index contributed by atoms with van der Waals surface area (Å²) in [6, 6.07) is 5.65. The van der Waals surface area contributed by atoms with E-state index in [4.69, 9.17) is 9.47 Å². The molecule has 190 valence electrons. The first kappa shape index (κ1) is 23.1. The van der Waals surface area contributed by atoms with Crippen LogP contribution in [0.5, 0.6) is 6.01 Å². The fourth-order valence-corrected chi connectivity index (χ4v) is 5.16. The molecule has 3 aromatic heterocycles. The molecule has 0 radical (unpaired) electrons. The lowest BCUT2D eigenvalue weighted by molar-refractivity contribution is 0.0444. The molecule has 5 heterocycles. The number of carbonyl (C=O) groups excluding carboxylic acids is 1. The number of piperidine rings is 1. The smallest absolute Gasteiger partial charge is 0.319 e. The van der Waals surface area contributed by atoms with Crippen molar-refractivity contribution in [2.24, 2.45) is 0 Å². The molecule has 2 aliphatic heterocycles. The van der Waals surface area contributed by atoms with Gasteiger partial charge in [0.2, 0.25) is 0 Å². The molecule has 3 aliphatic rings. The molecule has 0 spiro atoms. The number of carbonyl (C=O) groups is 1. The second-order valence-electron chi connectivity index (χ2n) is 9.83. The number of ether oxygens (including phenoxy) is 2. The first-order chi connectivity index (χ1) is 17.6. The molecular formula is C25H31N7O4. The number of pyridine rings is 1. The number of fused-ring (bicyclic) bond motifs is 1. The maximum absolute atomic E-state index is 12.9. The van der Waals surface area contributed by atoms with Crippen molar-refractivity contribution in [3.8, 4) is 6.01 Å². The molecular weight excluding hydrogens is 462 g/mol. The molecule has 0 bridgehead atoms. The largest absolute Gasteiger partial charge is 0.461 e. The summed E-state index contributed by atoms with van der Waals surface area (Å²) in [5, 5.41) is 21.4. The van der Waals surface area contributed by atoms with Crippen LogP contribution in [-0.2, 0) is 4.74 Å². The Hall–Kier alpha value is -3.31. The van der Waals surface area contributed by atoms with Crippen LogP contribution in [-0.4, -0.2) is 80.7 Å². The van der Waals surface area contributed by atoms with Crippen molar-refractivity contribution >= 4 is 22.8 Å². The summed E-state index contributed by atoms with van der Waals surface area (Å²) in [6.07, 6.45) is 6.51. The Balaban J connectivity index is 1.18. The number of nitrogens with zero attached hydrogens (tertiary/aromatic N) is 5. The van der Waals surface area contributed by atoms with E-state index in [0.717, 1.165) is 68.5 Å². The Morgan fingerprint density at radius 3 is 2.86 bits per heavy atom. The number of aromatic amines is 1. The summed E-state index contributed by atoms with van der Waals surface area (Å²) in [5.74, 6) is 0.660. The van der Waals surface area contributed by atoms with Crippen LogP contribution < -0.4 is 15.0 Å². The SMILES string of the molecule is O=C(NC1CCC1O)c1cc(N2CCC(c3n[nH]c4ncccc34)CC2)nc(OC[C@H]2CCCO2)n1. The molecule has 11 heteroatoms. The van der Waals surface area contributed by atoms with Crippen molar-refractivity contribution in [3.63, 3.8) is 0 Å². The number of aromatic nitrogens is 5. The third-order valence-electron chi connectivity index (χ3n) is 7.47. The van der Waals surface area contributed by atoms with Crippen LogP contribution in [0.25, 0.3) is 11.0 Å².